The molecule has 2 amide bonds. The van der Waals surface area contributed by atoms with Crippen molar-refractivity contribution in [3.8, 4) is 5.75 Å². The molecule has 8 heteroatoms. The molecule has 0 saturated carbocycles. The van der Waals surface area contributed by atoms with E-state index in [1.165, 1.54) is 7.11 Å². The van der Waals surface area contributed by atoms with E-state index in [9.17, 15) is 19.2 Å². The number of ketones is 1. The third-order valence-corrected chi connectivity index (χ3v) is 4.77. The number of ether oxygens (including phenoxy) is 2. The fourth-order valence-electron chi connectivity index (χ4n) is 2.98. The molecular formula is C22H22N2O6. The average Bonchev–Trinajstić information content (AvgIpc) is 3.12. The predicted octanol–water partition coefficient (Wildman–Crippen LogP) is 1.92. The first-order valence-corrected chi connectivity index (χ1v) is 9.39. The Morgan fingerprint density at radius 1 is 1.03 bits per heavy atom. The summed E-state index contributed by atoms with van der Waals surface area (Å²) in [5.41, 5.74) is 4.31. The number of aryl methyl sites for hydroxylation is 1. The quantitative estimate of drug-likeness (QED) is 0.553. The minimum absolute atomic E-state index is 0.00794. The van der Waals surface area contributed by atoms with E-state index in [4.69, 9.17) is 9.47 Å². The SMILES string of the molecule is COc1ccc(C(=O)COC(=O)[C@H]2CC(=O)N(NC(=O)c3ccc(C)cc3)C2)cc1. The summed E-state index contributed by atoms with van der Waals surface area (Å²) in [6.45, 7) is 1.47. The number of benzene rings is 2. The van der Waals surface area contributed by atoms with Crippen LogP contribution in [0.4, 0.5) is 0 Å². The Kier molecular flexibility index (Phi) is 6.46. The van der Waals surface area contributed by atoms with E-state index < -0.39 is 24.4 Å². The maximum Gasteiger partial charge on any atom is 0.311 e. The molecule has 1 aliphatic rings. The molecule has 1 heterocycles. The van der Waals surface area contributed by atoms with Gasteiger partial charge in [0.2, 0.25) is 5.91 Å². The lowest BCUT2D eigenvalue weighted by Crippen LogP contribution is -2.43. The molecule has 1 aliphatic heterocycles. The number of hydrogen-bond donors (Lipinski definition) is 1. The zero-order valence-corrected chi connectivity index (χ0v) is 16.7. The number of hydrogen-bond acceptors (Lipinski definition) is 6. The van der Waals surface area contributed by atoms with Gasteiger partial charge in [0.15, 0.2) is 12.4 Å². The van der Waals surface area contributed by atoms with Crippen LogP contribution in [0.15, 0.2) is 48.5 Å². The fraction of sp³-hybridized carbons (Fsp3) is 0.273. The molecule has 0 spiro atoms. The minimum atomic E-state index is -0.750. The Morgan fingerprint density at radius 2 is 1.67 bits per heavy atom. The van der Waals surface area contributed by atoms with Crippen molar-refractivity contribution in [1.29, 1.82) is 0 Å². The standard InChI is InChI=1S/C22H22N2O6/c1-14-3-5-16(6-4-14)21(27)23-24-12-17(11-20(24)26)22(28)30-13-19(25)15-7-9-18(29-2)10-8-15/h3-10,17H,11-13H2,1-2H3,(H,23,27)/t17-/m0/s1. The number of esters is 1. The first-order valence-electron chi connectivity index (χ1n) is 9.39. The molecule has 0 bridgehead atoms. The van der Waals surface area contributed by atoms with Crippen molar-refractivity contribution in [1.82, 2.24) is 10.4 Å². The zero-order valence-electron chi connectivity index (χ0n) is 16.7. The van der Waals surface area contributed by atoms with Gasteiger partial charge in [0, 0.05) is 17.5 Å². The molecule has 0 unspecified atom stereocenters. The van der Waals surface area contributed by atoms with Gasteiger partial charge in [0.1, 0.15) is 5.75 Å². The summed E-state index contributed by atoms with van der Waals surface area (Å²) in [4.78, 5) is 48.9. The van der Waals surface area contributed by atoms with E-state index in [0.717, 1.165) is 10.6 Å². The molecular weight excluding hydrogens is 388 g/mol. The highest BCUT2D eigenvalue weighted by molar-refractivity contribution is 5.99. The van der Waals surface area contributed by atoms with Gasteiger partial charge in [-0.15, -0.1) is 0 Å². The number of nitrogens with one attached hydrogen (secondary N) is 1. The smallest absolute Gasteiger partial charge is 0.311 e. The molecule has 0 radical (unpaired) electrons. The van der Waals surface area contributed by atoms with Crippen molar-refractivity contribution in [2.45, 2.75) is 13.3 Å². The molecule has 156 valence electrons. The zero-order chi connectivity index (χ0) is 21.7. The number of Topliss-reactive ketones (excluding diaryl/α,β-unsaturated/α-hetero) is 1. The maximum absolute atomic E-state index is 12.3. The first kappa shape index (κ1) is 21.0. The lowest BCUT2D eigenvalue weighted by molar-refractivity contribution is -0.147. The van der Waals surface area contributed by atoms with E-state index in [2.05, 4.69) is 5.43 Å². The van der Waals surface area contributed by atoms with Crippen LogP contribution in [0.25, 0.3) is 0 Å². The van der Waals surface area contributed by atoms with E-state index in [1.54, 1.807) is 48.5 Å². The number of rotatable bonds is 7. The van der Waals surface area contributed by atoms with Crippen molar-refractivity contribution in [3.05, 3.63) is 65.2 Å². The van der Waals surface area contributed by atoms with Gasteiger partial charge in [-0.1, -0.05) is 17.7 Å². The van der Waals surface area contributed by atoms with Crippen LogP contribution in [0, 0.1) is 12.8 Å². The van der Waals surface area contributed by atoms with Gasteiger partial charge in [0.05, 0.1) is 19.6 Å². The highest BCUT2D eigenvalue weighted by Gasteiger charge is 2.36. The normalized spacial score (nSPS) is 15.6. The van der Waals surface area contributed by atoms with Crippen molar-refractivity contribution in [2.75, 3.05) is 20.3 Å². The molecule has 3 rings (SSSR count). The van der Waals surface area contributed by atoms with Gasteiger partial charge in [-0.3, -0.25) is 29.6 Å². The molecule has 0 aliphatic carbocycles. The number of methoxy groups -OCH3 is 1. The minimum Gasteiger partial charge on any atom is -0.497 e. The Bertz CT molecular complexity index is 953. The van der Waals surface area contributed by atoms with Crippen LogP contribution in [0.2, 0.25) is 0 Å². The summed E-state index contributed by atoms with van der Waals surface area (Å²) in [7, 11) is 1.52. The van der Waals surface area contributed by atoms with Crippen molar-refractivity contribution in [2.24, 2.45) is 5.92 Å². The second kappa shape index (κ2) is 9.21. The number of hydrazine groups is 1. The van der Waals surface area contributed by atoms with E-state index in [-0.39, 0.29) is 24.7 Å². The molecule has 1 atom stereocenters. The van der Waals surface area contributed by atoms with Crippen LogP contribution >= 0.6 is 0 Å². The summed E-state index contributed by atoms with van der Waals surface area (Å²) < 4.78 is 10.1. The van der Waals surface area contributed by atoms with Crippen LogP contribution < -0.4 is 10.2 Å². The van der Waals surface area contributed by atoms with Crippen LogP contribution in [0.5, 0.6) is 5.75 Å². The highest BCUT2D eigenvalue weighted by Crippen LogP contribution is 2.18. The molecule has 2 aromatic carbocycles. The Morgan fingerprint density at radius 3 is 2.30 bits per heavy atom. The third-order valence-electron chi connectivity index (χ3n) is 4.77. The Hall–Kier alpha value is -3.68. The second-order valence-electron chi connectivity index (χ2n) is 6.97. The monoisotopic (exact) mass is 410 g/mol. The summed E-state index contributed by atoms with van der Waals surface area (Å²) in [5, 5.41) is 1.11. The Balaban J connectivity index is 1.51. The van der Waals surface area contributed by atoms with Gasteiger partial charge in [-0.05, 0) is 43.3 Å². The molecule has 1 saturated heterocycles. The maximum atomic E-state index is 12.3. The van der Waals surface area contributed by atoms with Gasteiger partial charge < -0.3 is 9.47 Å². The largest absolute Gasteiger partial charge is 0.497 e. The number of amides is 2. The fourth-order valence-corrected chi connectivity index (χ4v) is 2.98. The summed E-state index contributed by atoms with van der Waals surface area (Å²) in [6.07, 6.45) is -0.0935. The summed E-state index contributed by atoms with van der Waals surface area (Å²) >= 11 is 0. The van der Waals surface area contributed by atoms with Crippen LogP contribution in [-0.2, 0) is 14.3 Å². The third kappa shape index (κ3) is 5.02. The van der Waals surface area contributed by atoms with Gasteiger partial charge in [-0.25, -0.2) is 0 Å². The molecule has 1 fully saturated rings. The molecule has 30 heavy (non-hydrogen) atoms. The average molecular weight is 410 g/mol. The molecule has 1 N–H and O–H groups in total. The van der Waals surface area contributed by atoms with Crippen LogP contribution in [0.3, 0.4) is 0 Å². The number of carbonyl (C=O) groups is 4. The van der Waals surface area contributed by atoms with Crippen LogP contribution in [0.1, 0.15) is 32.7 Å². The van der Waals surface area contributed by atoms with E-state index >= 15 is 0 Å². The first-order chi connectivity index (χ1) is 14.4. The van der Waals surface area contributed by atoms with Crippen LogP contribution in [-0.4, -0.2) is 48.8 Å². The summed E-state index contributed by atoms with van der Waals surface area (Å²) in [5.74, 6) is -1.98. The van der Waals surface area contributed by atoms with E-state index in [1.807, 2.05) is 6.92 Å². The number of nitrogens with zero attached hydrogens (tertiary/aromatic N) is 1. The molecule has 0 aromatic heterocycles. The second-order valence-corrected chi connectivity index (χ2v) is 6.97. The van der Waals surface area contributed by atoms with Crippen molar-refractivity contribution in [3.63, 3.8) is 0 Å². The molecule has 2 aromatic rings. The Labute approximate surface area is 173 Å². The van der Waals surface area contributed by atoms with Crippen molar-refractivity contribution >= 4 is 23.6 Å². The van der Waals surface area contributed by atoms with Crippen molar-refractivity contribution < 1.29 is 28.7 Å². The lowest BCUT2D eigenvalue weighted by atomic mass is 10.1. The topological polar surface area (TPSA) is 102 Å². The predicted molar refractivity (Wildman–Crippen MR) is 107 cm³/mol. The van der Waals surface area contributed by atoms with Gasteiger partial charge >= 0.3 is 5.97 Å². The highest BCUT2D eigenvalue weighted by atomic mass is 16.5. The lowest BCUT2D eigenvalue weighted by Gasteiger charge is -2.17. The van der Waals surface area contributed by atoms with Gasteiger partial charge in [-0.2, -0.15) is 0 Å². The summed E-state index contributed by atoms with van der Waals surface area (Å²) in [6, 6.07) is 13.3. The van der Waals surface area contributed by atoms with Gasteiger partial charge in [0.25, 0.3) is 5.91 Å². The number of carbonyl (C=O) groups excluding carboxylic acids is 4. The van der Waals surface area contributed by atoms with E-state index in [0.29, 0.717) is 16.9 Å². The molecule has 8 nitrogen and oxygen atoms in total.